The molecule has 1 aliphatic heterocycles. The molecule has 2 N–H and O–H groups in total. The maximum atomic E-state index is 12.1. The van der Waals surface area contributed by atoms with Crippen molar-refractivity contribution in [1.82, 2.24) is 20.4 Å². The van der Waals surface area contributed by atoms with E-state index in [0.717, 1.165) is 51.4 Å². The van der Waals surface area contributed by atoms with Crippen LogP contribution in [0.1, 0.15) is 60.8 Å². The number of aliphatic imine (C=N–C) groups is 1. The van der Waals surface area contributed by atoms with E-state index in [2.05, 4.69) is 48.2 Å². The van der Waals surface area contributed by atoms with Gasteiger partial charge in [-0.15, -0.1) is 0 Å². The molecule has 0 saturated carbocycles. The van der Waals surface area contributed by atoms with Crippen molar-refractivity contribution in [3.63, 3.8) is 0 Å². The number of hydrogen-bond donors (Lipinski definition) is 2. The van der Waals surface area contributed by atoms with Gasteiger partial charge in [-0.05, 0) is 47.0 Å². The summed E-state index contributed by atoms with van der Waals surface area (Å²) in [6, 6.07) is 1.54. The molecule has 0 aromatic heterocycles. The predicted molar refractivity (Wildman–Crippen MR) is 111 cm³/mol. The van der Waals surface area contributed by atoms with E-state index in [1.165, 1.54) is 0 Å². The molecule has 1 aliphatic rings. The first-order valence-electron chi connectivity index (χ1n) is 10.3. The van der Waals surface area contributed by atoms with Crippen LogP contribution in [0.4, 0.5) is 0 Å². The fraction of sp³-hybridized carbons (Fsp3) is 0.900. The minimum atomic E-state index is 0.0881. The van der Waals surface area contributed by atoms with E-state index in [0.29, 0.717) is 18.1 Å². The summed E-state index contributed by atoms with van der Waals surface area (Å²) in [4.78, 5) is 20.9. The Bertz CT molecular complexity index is 431. The number of nitrogens with zero attached hydrogens (tertiary/aromatic N) is 3. The Hall–Kier alpha value is -1.30. The number of rotatable bonds is 8. The van der Waals surface area contributed by atoms with Crippen molar-refractivity contribution in [3.8, 4) is 0 Å². The van der Waals surface area contributed by atoms with Crippen molar-refractivity contribution >= 4 is 11.9 Å². The monoisotopic (exact) mass is 367 g/mol. The second kappa shape index (κ2) is 11.4. The third-order valence-corrected chi connectivity index (χ3v) is 5.08. The van der Waals surface area contributed by atoms with Crippen LogP contribution in [0.15, 0.2) is 4.99 Å². The van der Waals surface area contributed by atoms with Crippen LogP contribution in [0.2, 0.25) is 0 Å². The summed E-state index contributed by atoms with van der Waals surface area (Å²) in [7, 11) is 1.82. The second-order valence-electron chi connectivity index (χ2n) is 8.18. The molecule has 0 bridgehead atoms. The molecule has 1 heterocycles. The van der Waals surface area contributed by atoms with Crippen LogP contribution in [0.25, 0.3) is 0 Å². The highest BCUT2D eigenvalue weighted by atomic mass is 16.2. The molecule has 1 fully saturated rings. The number of carbonyl (C=O) groups excluding carboxylic acids is 1. The van der Waals surface area contributed by atoms with E-state index >= 15 is 0 Å². The zero-order valence-electron chi connectivity index (χ0n) is 18.0. The molecule has 0 aliphatic carbocycles. The summed E-state index contributed by atoms with van der Waals surface area (Å²) in [5, 5.41) is 6.95. The van der Waals surface area contributed by atoms with Gasteiger partial charge in [-0.1, -0.05) is 13.8 Å². The summed E-state index contributed by atoms with van der Waals surface area (Å²) in [5.74, 6) is 1.23. The second-order valence-corrected chi connectivity index (χ2v) is 8.18. The van der Waals surface area contributed by atoms with Gasteiger partial charge in [0.25, 0.3) is 0 Å². The summed E-state index contributed by atoms with van der Waals surface area (Å²) < 4.78 is 0. The lowest BCUT2D eigenvalue weighted by molar-refractivity contribution is -0.135. The van der Waals surface area contributed by atoms with Crippen molar-refractivity contribution < 1.29 is 4.79 Å². The average Bonchev–Trinajstić information content (AvgIpc) is 2.59. The molecule has 1 amide bonds. The zero-order chi connectivity index (χ0) is 19.7. The average molecular weight is 368 g/mol. The van der Waals surface area contributed by atoms with Crippen LogP contribution in [0.5, 0.6) is 0 Å². The summed E-state index contributed by atoms with van der Waals surface area (Å²) in [5.41, 5.74) is 0. The maximum Gasteiger partial charge on any atom is 0.225 e. The molecule has 6 heteroatoms. The molecule has 1 rings (SSSR count). The number of nitrogens with one attached hydrogen (secondary N) is 2. The highest BCUT2D eigenvalue weighted by Gasteiger charge is 2.24. The zero-order valence-corrected chi connectivity index (χ0v) is 18.0. The van der Waals surface area contributed by atoms with Gasteiger partial charge >= 0.3 is 0 Å². The SMILES string of the molecule is CN=C(NCCCN(C(C)C)C(C)C)NC1CCN(C(=O)C(C)C)CC1. The smallest absolute Gasteiger partial charge is 0.225 e. The van der Waals surface area contributed by atoms with Crippen molar-refractivity contribution in [3.05, 3.63) is 0 Å². The van der Waals surface area contributed by atoms with E-state index in [4.69, 9.17) is 0 Å². The van der Waals surface area contributed by atoms with Gasteiger partial charge in [0.2, 0.25) is 5.91 Å². The third kappa shape index (κ3) is 7.52. The van der Waals surface area contributed by atoms with Crippen LogP contribution < -0.4 is 10.6 Å². The van der Waals surface area contributed by atoms with Gasteiger partial charge in [0.15, 0.2) is 5.96 Å². The Kier molecular flexibility index (Phi) is 9.99. The van der Waals surface area contributed by atoms with Crippen LogP contribution in [-0.4, -0.2) is 73.0 Å². The van der Waals surface area contributed by atoms with E-state index < -0.39 is 0 Å². The lowest BCUT2D eigenvalue weighted by Crippen LogP contribution is -2.50. The molecule has 0 unspecified atom stereocenters. The van der Waals surface area contributed by atoms with Crippen molar-refractivity contribution in [2.24, 2.45) is 10.9 Å². The Morgan fingerprint density at radius 2 is 1.69 bits per heavy atom. The van der Waals surface area contributed by atoms with Crippen LogP contribution >= 0.6 is 0 Å². The fourth-order valence-electron chi connectivity index (χ4n) is 3.58. The molecule has 0 aromatic rings. The Morgan fingerprint density at radius 1 is 1.12 bits per heavy atom. The highest BCUT2D eigenvalue weighted by molar-refractivity contribution is 5.80. The lowest BCUT2D eigenvalue weighted by Gasteiger charge is -2.34. The van der Waals surface area contributed by atoms with Gasteiger partial charge in [-0.2, -0.15) is 0 Å². The first kappa shape index (κ1) is 22.7. The van der Waals surface area contributed by atoms with E-state index in [1.807, 2.05) is 25.8 Å². The van der Waals surface area contributed by atoms with E-state index in [9.17, 15) is 4.79 Å². The summed E-state index contributed by atoms with van der Waals surface area (Å²) >= 11 is 0. The maximum absolute atomic E-state index is 12.1. The normalized spacial score (nSPS) is 16.9. The number of guanidine groups is 1. The summed E-state index contributed by atoms with van der Waals surface area (Å²) in [6.45, 7) is 16.6. The quantitative estimate of drug-likeness (QED) is 0.393. The molecule has 0 atom stereocenters. The number of hydrogen-bond acceptors (Lipinski definition) is 3. The topological polar surface area (TPSA) is 60.0 Å². The van der Waals surface area contributed by atoms with Crippen molar-refractivity contribution in [2.75, 3.05) is 33.2 Å². The van der Waals surface area contributed by atoms with Gasteiger partial charge in [0.1, 0.15) is 0 Å². The minimum Gasteiger partial charge on any atom is -0.356 e. The fourth-order valence-corrected chi connectivity index (χ4v) is 3.58. The first-order valence-corrected chi connectivity index (χ1v) is 10.3. The first-order chi connectivity index (χ1) is 12.3. The molecule has 26 heavy (non-hydrogen) atoms. The van der Waals surface area contributed by atoms with Crippen molar-refractivity contribution in [1.29, 1.82) is 0 Å². The molecule has 0 radical (unpaired) electrons. The van der Waals surface area contributed by atoms with E-state index in [1.54, 1.807) is 0 Å². The Labute approximate surface area is 160 Å². The van der Waals surface area contributed by atoms with Gasteiger partial charge in [0.05, 0.1) is 0 Å². The van der Waals surface area contributed by atoms with Gasteiger partial charge in [-0.3, -0.25) is 14.7 Å². The number of amides is 1. The van der Waals surface area contributed by atoms with Gasteiger partial charge < -0.3 is 15.5 Å². The highest BCUT2D eigenvalue weighted by Crippen LogP contribution is 2.13. The lowest BCUT2D eigenvalue weighted by atomic mass is 10.0. The predicted octanol–water partition coefficient (Wildman–Crippen LogP) is 2.31. The van der Waals surface area contributed by atoms with Crippen LogP contribution in [0, 0.1) is 5.92 Å². The molecule has 0 spiro atoms. The molecular formula is C20H41N5O. The molecular weight excluding hydrogens is 326 g/mol. The third-order valence-electron chi connectivity index (χ3n) is 5.08. The van der Waals surface area contributed by atoms with Gasteiger partial charge in [-0.25, -0.2) is 0 Å². The molecule has 6 nitrogen and oxygen atoms in total. The Morgan fingerprint density at radius 3 is 2.15 bits per heavy atom. The largest absolute Gasteiger partial charge is 0.356 e. The molecule has 1 saturated heterocycles. The molecule has 152 valence electrons. The number of carbonyl (C=O) groups is 1. The summed E-state index contributed by atoms with van der Waals surface area (Å²) in [6.07, 6.45) is 3.06. The van der Waals surface area contributed by atoms with Gasteiger partial charge in [0, 0.05) is 57.3 Å². The van der Waals surface area contributed by atoms with Crippen molar-refractivity contribution in [2.45, 2.75) is 78.9 Å². The Balaban J connectivity index is 2.31. The number of piperidine rings is 1. The minimum absolute atomic E-state index is 0.0881. The number of likely N-dealkylation sites (tertiary alicyclic amines) is 1. The van der Waals surface area contributed by atoms with E-state index in [-0.39, 0.29) is 11.8 Å². The van der Waals surface area contributed by atoms with Crippen LogP contribution in [0.3, 0.4) is 0 Å². The standard InChI is InChI=1S/C20H41N5O/c1-15(2)19(26)24-13-9-18(10-14-24)23-20(21-7)22-11-8-12-25(16(3)4)17(5)6/h15-18H,8-14H2,1-7H3,(H2,21,22,23). The van der Waals surface area contributed by atoms with Crippen LogP contribution in [-0.2, 0) is 4.79 Å². The molecule has 0 aromatic carbocycles.